The van der Waals surface area contributed by atoms with Gasteiger partial charge in [0.25, 0.3) is 0 Å². The van der Waals surface area contributed by atoms with Gasteiger partial charge in [-0.1, -0.05) is 23.7 Å². The molecule has 2 heterocycles. The number of hydrogen-bond donors (Lipinski definition) is 2. The molecule has 1 aliphatic heterocycles. The summed E-state index contributed by atoms with van der Waals surface area (Å²) in [5, 5.41) is 7.11. The SMILES string of the molecule is CN1CCN(c2ccc(Nc3ccnc(Nc4ccccc4Cl)n3)cc2)CC1. The average molecular weight is 395 g/mol. The fourth-order valence-corrected chi connectivity index (χ4v) is 3.32. The molecule has 0 bridgehead atoms. The maximum Gasteiger partial charge on any atom is 0.229 e. The third-order valence-corrected chi connectivity index (χ3v) is 5.11. The number of nitrogens with one attached hydrogen (secondary N) is 2. The van der Waals surface area contributed by atoms with Crippen molar-refractivity contribution in [3.63, 3.8) is 0 Å². The number of para-hydroxylation sites is 1. The number of piperazine rings is 1. The summed E-state index contributed by atoms with van der Waals surface area (Å²) in [5.41, 5.74) is 3.01. The molecule has 2 aromatic carbocycles. The molecule has 1 aliphatic rings. The van der Waals surface area contributed by atoms with Crippen LogP contribution in [0.3, 0.4) is 0 Å². The Labute approximate surface area is 170 Å². The quantitative estimate of drug-likeness (QED) is 0.670. The molecule has 0 saturated carbocycles. The van der Waals surface area contributed by atoms with E-state index in [0.717, 1.165) is 43.4 Å². The molecule has 28 heavy (non-hydrogen) atoms. The second-order valence-corrected chi connectivity index (χ2v) is 7.24. The highest BCUT2D eigenvalue weighted by Crippen LogP contribution is 2.25. The maximum absolute atomic E-state index is 6.19. The van der Waals surface area contributed by atoms with Crippen LogP contribution in [0.15, 0.2) is 60.8 Å². The van der Waals surface area contributed by atoms with E-state index < -0.39 is 0 Å². The Hall–Kier alpha value is -2.83. The summed E-state index contributed by atoms with van der Waals surface area (Å²) in [6.45, 7) is 4.32. The monoisotopic (exact) mass is 394 g/mol. The molecule has 6 nitrogen and oxygen atoms in total. The molecule has 0 radical (unpaired) electrons. The van der Waals surface area contributed by atoms with Crippen LogP contribution in [0, 0.1) is 0 Å². The van der Waals surface area contributed by atoms with Gasteiger partial charge in [-0.05, 0) is 49.5 Å². The molecule has 3 aromatic rings. The Balaban J connectivity index is 1.42. The predicted molar refractivity (Wildman–Crippen MR) is 116 cm³/mol. The summed E-state index contributed by atoms with van der Waals surface area (Å²) >= 11 is 6.19. The minimum atomic E-state index is 0.493. The normalized spacial score (nSPS) is 14.7. The van der Waals surface area contributed by atoms with E-state index in [2.05, 4.69) is 61.7 Å². The van der Waals surface area contributed by atoms with Crippen molar-refractivity contribution in [1.29, 1.82) is 0 Å². The number of halogens is 1. The van der Waals surface area contributed by atoms with Crippen molar-refractivity contribution in [3.05, 3.63) is 65.8 Å². The van der Waals surface area contributed by atoms with Crippen LogP contribution in [-0.2, 0) is 0 Å². The second-order valence-electron chi connectivity index (χ2n) is 6.83. The summed E-state index contributed by atoms with van der Waals surface area (Å²) in [4.78, 5) is 13.6. The lowest BCUT2D eigenvalue weighted by atomic mass is 10.2. The van der Waals surface area contributed by atoms with Crippen molar-refractivity contribution in [1.82, 2.24) is 14.9 Å². The van der Waals surface area contributed by atoms with Crippen LogP contribution in [0.2, 0.25) is 5.02 Å². The molecule has 1 fully saturated rings. The molecule has 0 amide bonds. The van der Waals surface area contributed by atoms with Gasteiger partial charge in [0.05, 0.1) is 10.7 Å². The molecule has 7 heteroatoms. The number of hydrogen-bond acceptors (Lipinski definition) is 6. The molecule has 2 N–H and O–H groups in total. The average Bonchev–Trinajstić information content (AvgIpc) is 2.71. The van der Waals surface area contributed by atoms with E-state index in [1.54, 1.807) is 6.20 Å². The Morgan fingerprint density at radius 3 is 2.39 bits per heavy atom. The van der Waals surface area contributed by atoms with Crippen LogP contribution in [0.25, 0.3) is 0 Å². The maximum atomic E-state index is 6.19. The number of nitrogens with zero attached hydrogens (tertiary/aromatic N) is 4. The van der Waals surface area contributed by atoms with Gasteiger partial charge in [0.2, 0.25) is 5.95 Å². The van der Waals surface area contributed by atoms with E-state index in [9.17, 15) is 0 Å². The van der Waals surface area contributed by atoms with Gasteiger partial charge in [-0.15, -0.1) is 0 Å². The summed E-state index contributed by atoms with van der Waals surface area (Å²) in [6.07, 6.45) is 1.72. The minimum Gasteiger partial charge on any atom is -0.369 e. The van der Waals surface area contributed by atoms with Gasteiger partial charge in [0.1, 0.15) is 5.82 Å². The van der Waals surface area contributed by atoms with Crippen molar-refractivity contribution in [2.45, 2.75) is 0 Å². The molecule has 0 spiro atoms. The molecule has 0 unspecified atom stereocenters. The third kappa shape index (κ3) is 4.52. The van der Waals surface area contributed by atoms with Crippen molar-refractivity contribution in [2.75, 3.05) is 48.8 Å². The number of likely N-dealkylation sites (N-methyl/N-ethyl adjacent to an activating group) is 1. The van der Waals surface area contributed by atoms with E-state index in [4.69, 9.17) is 11.6 Å². The van der Waals surface area contributed by atoms with E-state index in [1.165, 1.54) is 5.69 Å². The fourth-order valence-electron chi connectivity index (χ4n) is 3.14. The van der Waals surface area contributed by atoms with Gasteiger partial charge in [-0.25, -0.2) is 4.98 Å². The zero-order chi connectivity index (χ0) is 19.3. The van der Waals surface area contributed by atoms with Gasteiger partial charge in [0, 0.05) is 43.8 Å². The summed E-state index contributed by atoms with van der Waals surface area (Å²) in [6, 6.07) is 17.8. The molecular formula is C21H23ClN6. The topological polar surface area (TPSA) is 56.3 Å². The Morgan fingerprint density at radius 1 is 0.893 bits per heavy atom. The van der Waals surface area contributed by atoms with Gasteiger partial charge in [-0.2, -0.15) is 4.98 Å². The van der Waals surface area contributed by atoms with Gasteiger partial charge < -0.3 is 20.4 Å². The number of aromatic nitrogens is 2. The molecule has 144 valence electrons. The van der Waals surface area contributed by atoms with E-state index in [0.29, 0.717) is 11.0 Å². The first-order valence-corrected chi connectivity index (χ1v) is 9.70. The zero-order valence-electron chi connectivity index (χ0n) is 15.8. The Kier molecular flexibility index (Phi) is 5.60. The standard InChI is InChI=1S/C21H23ClN6/c1-27-12-14-28(15-13-27)17-8-6-16(7-9-17)24-20-10-11-23-21(26-20)25-19-5-3-2-4-18(19)22/h2-11H,12-15H2,1H3,(H2,23,24,25,26). The minimum absolute atomic E-state index is 0.493. The largest absolute Gasteiger partial charge is 0.369 e. The number of anilines is 5. The highest BCUT2D eigenvalue weighted by atomic mass is 35.5. The van der Waals surface area contributed by atoms with Crippen molar-refractivity contribution < 1.29 is 0 Å². The van der Waals surface area contributed by atoms with Crippen molar-refractivity contribution in [3.8, 4) is 0 Å². The molecule has 1 saturated heterocycles. The van der Waals surface area contributed by atoms with Crippen LogP contribution < -0.4 is 15.5 Å². The Bertz CT molecular complexity index is 922. The molecule has 4 rings (SSSR count). The predicted octanol–water partition coefficient (Wildman–Crippen LogP) is 4.37. The van der Waals surface area contributed by atoms with E-state index in [1.807, 2.05) is 30.3 Å². The van der Waals surface area contributed by atoms with Crippen LogP contribution in [0.1, 0.15) is 0 Å². The van der Waals surface area contributed by atoms with Crippen LogP contribution >= 0.6 is 11.6 Å². The van der Waals surface area contributed by atoms with Crippen molar-refractivity contribution >= 4 is 40.4 Å². The zero-order valence-corrected chi connectivity index (χ0v) is 16.5. The van der Waals surface area contributed by atoms with E-state index >= 15 is 0 Å². The van der Waals surface area contributed by atoms with Gasteiger partial charge >= 0.3 is 0 Å². The first-order valence-electron chi connectivity index (χ1n) is 9.32. The number of benzene rings is 2. The fraction of sp³-hybridized carbons (Fsp3) is 0.238. The third-order valence-electron chi connectivity index (χ3n) is 4.78. The highest BCUT2D eigenvalue weighted by Gasteiger charge is 2.14. The Morgan fingerprint density at radius 2 is 1.64 bits per heavy atom. The highest BCUT2D eigenvalue weighted by molar-refractivity contribution is 6.33. The van der Waals surface area contributed by atoms with Gasteiger partial charge in [0.15, 0.2) is 0 Å². The lowest BCUT2D eigenvalue weighted by Gasteiger charge is -2.34. The summed E-state index contributed by atoms with van der Waals surface area (Å²) < 4.78 is 0. The van der Waals surface area contributed by atoms with E-state index in [-0.39, 0.29) is 0 Å². The van der Waals surface area contributed by atoms with Crippen LogP contribution in [0.5, 0.6) is 0 Å². The molecular weight excluding hydrogens is 372 g/mol. The smallest absolute Gasteiger partial charge is 0.229 e. The number of rotatable bonds is 5. The molecule has 1 aromatic heterocycles. The van der Waals surface area contributed by atoms with Crippen LogP contribution in [0.4, 0.5) is 28.8 Å². The van der Waals surface area contributed by atoms with Gasteiger partial charge in [-0.3, -0.25) is 0 Å². The summed E-state index contributed by atoms with van der Waals surface area (Å²) in [7, 11) is 2.17. The van der Waals surface area contributed by atoms with Crippen LogP contribution in [-0.4, -0.2) is 48.1 Å². The van der Waals surface area contributed by atoms with Crippen molar-refractivity contribution in [2.24, 2.45) is 0 Å². The lowest BCUT2D eigenvalue weighted by molar-refractivity contribution is 0.313. The molecule has 0 aliphatic carbocycles. The lowest BCUT2D eigenvalue weighted by Crippen LogP contribution is -2.44. The first kappa shape index (κ1) is 18.5. The summed E-state index contributed by atoms with van der Waals surface area (Å²) in [5.74, 6) is 1.21. The first-order chi connectivity index (χ1) is 13.7. The molecule has 0 atom stereocenters. The second kappa shape index (κ2) is 8.46.